The van der Waals surface area contributed by atoms with Gasteiger partial charge in [0.2, 0.25) is 0 Å². The maximum absolute atomic E-state index is 9.69. The summed E-state index contributed by atoms with van der Waals surface area (Å²) in [5.74, 6) is -0.00283. The Hall–Kier alpha value is 1.05. The molecule has 4 unspecified atom stereocenters. The number of rotatable bonds is 3. The monoisotopic (exact) mass is 258 g/mol. The third kappa shape index (κ3) is 3.90. The van der Waals surface area contributed by atoms with Crippen LogP contribution in [0.4, 0.5) is 0 Å². The van der Waals surface area contributed by atoms with Gasteiger partial charge >= 0.3 is 0 Å². The highest BCUT2D eigenvalue weighted by Crippen LogP contribution is 2.54. The molecule has 0 aliphatic carbocycles. The second-order valence-corrected chi connectivity index (χ2v) is 10.4. The zero-order valence-electron chi connectivity index (χ0n) is 8.16. The first-order valence-electron chi connectivity index (χ1n) is 4.34. The van der Waals surface area contributed by atoms with Gasteiger partial charge in [0.25, 0.3) is 0 Å². The molecule has 0 amide bonds. The first-order valence-corrected chi connectivity index (χ1v) is 9.09. The quantitative estimate of drug-likeness (QED) is 0.594. The molecule has 14 heavy (non-hydrogen) atoms. The van der Waals surface area contributed by atoms with E-state index in [0.717, 1.165) is 0 Å². The molecule has 0 spiro atoms. The van der Waals surface area contributed by atoms with Gasteiger partial charge in [-0.15, -0.1) is 0 Å². The van der Waals surface area contributed by atoms with Crippen LogP contribution in [0, 0.1) is 5.92 Å². The topological polar surface area (TPSA) is 58.9 Å². The molecule has 4 nitrogen and oxygen atoms in total. The normalized spacial score (nSPS) is 40.9. The van der Waals surface area contributed by atoms with Crippen molar-refractivity contribution >= 4 is 27.4 Å². The van der Waals surface area contributed by atoms with Crippen molar-refractivity contribution in [1.82, 2.24) is 0 Å². The molecule has 1 rings (SSSR count). The zero-order chi connectivity index (χ0) is 10.7. The third-order valence-corrected chi connectivity index (χ3v) is 4.23. The summed E-state index contributed by atoms with van der Waals surface area (Å²) in [7, 11) is 2.63. The predicted molar refractivity (Wildman–Crippen MR) is 61.9 cm³/mol. The standard InChI is InChI=1S/C7H16O4P2S/c1-4-3-5(8)10-7(6(4)9)11-14-13(2)12/h4-9H,3,12H2,1-2H3/t4?,5?,6-,7-,13?/m1/s1. The van der Waals surface area contributed by atoms with E-state index in [4.69, 9.17) is 8.92 Å². The second kappa shape index (κ2) is 5.95. The third-order valence-electron chi connectivity index (χ3n) is 1.98. The highest BCUT2D eigenvalue weighted by Gasteiger charge is 2.35. The van der Waals surface area contributed by atoms with Gasteiger partial charge in [0.1, 0.15) is 6.10 Å². The van der Waals surface area contributed by atoms with Gasteiger partial charge in [-0.3, -0.25) is 4.18 Å². The van der Waals surface area contributed by atoms with Crippen LogP contribution in [0.2, 0.25) is 0 Å². The average Bonchev–Trinajstić information content (AvgIpc) is 2.08. The van der Waals surface area contributed by atoms with Crippen molar-refractivity contribution in [1.29, 1.82) is 0 Å². The van der Waals surface area contributed by atoms with Gasteiger partial charge in [-0.1, -0.05) is 15.9 Å². The Bertz CT molecular complexity index is 183. The largest absolute Gasteiger partial charge is 0.388 e. The van der Waals surface area contributed by atoms with Crippen LogP contribution in [-0.4, -0.2) is 35.6 Å². The van der Waals surface area contributed by atoms with E-state index >= 15 is 0 Å². The van der Waals surface area contributed by atoms with Crippen LogP contribution in [0.3, 0.4) is 0 Å². The van der Waals surface area contributed by atoms with Crippen molar-refractivity contribution < 1.29 is 19.1 Å². The van der Waals surface area contributed by atoms with E-state index in [2.05, 4.69) is 8.93 Å². The first-order chi connectivity index (χ1) is 6.50. The van der Waals surface area contributed by atoms with Crippen LogP contribution in [0.25, 0.3) is 0 Å². The fourth-order valence-corrected chi connectivity index (χ4v) is 2.70. The van der Waals surface area contributed by atoms with E-state index in [9.17, 15) is 10.2 Å². The maximum Gasteiger partial charge on any atom is 0.199 e. The van der Waals surface area contributed by atoms with E-state index in [1.54, 1.807) is 0 Å². The van der Waals surface area contributed by atoms with Gasteiger partial charge in [-0.25, -0.2) is 0 Å². The summed E-state index contributed by atoms with van der Waals surface area (Å²) < 4.78 is 10.4. The molecule has 0 saturated carbocycles. The summed E-state index contributed by atoms with van der Waals surface area (Å²) in [4.78, 5) is 0. The van der Waals surface area contributed by atoms with Gasteiger partial charge in [-0.05, 0) is 19.4 Å². The molecule has 0 aromatic carbocycles. The highest BCUT2D eigenvalue weighted by molar-refractivity contribution is 8.69. The fraction of sp³-hybridized carbons (Fsp3) is 1.00. The lowest BCUT2D eigenvalue weighted by atomic mass is 9.98. The number of hydrogen-bond donors (Lipinski definition) is 2. The first kappa shape index (κ1) is 13.1. The molecule has 0 aromatic heterocycles. The van der Waals surface area contributed by atoms with Crippen molar-refractivity contribution in [3.05, 3.63) is 0 Å². The molecular weight excluding hydrogens is 242 g/mol. The SMILES string of the molecule is CC1CC(O)O[C@H](OSP(C)P)[C@@H]1O. The Balaban J connectivity index is 2.41. The van der Waals surface area contributed by atoms with Gasteiger partial charge in [0, 0.05) is 18.1 Å². The molecule has 1 aliphatic rings. The summed E-state index contributed by atoms with van der Waals surface area (Å²) in [6, 6.07) is 0. The van der Waals surface area contributed by atoms with E-state index in [0.29, 0.717) is 6.42 Å². The Morgan fingerprint density at radius 1 is 1.57 bits per heavy atom. The molecule has 0 aromatic rings. The molecule has 1 heterocycles. The van der Waals surface area contributed by atoms with Gasteiger partial charge in [0.05, 0.1) is 0 Å². The van der Waals surface area contributed by atoms with Crippen LogP contribution in [0.1, 0.15) is 13.3 Å². The smallest absolute Gasteiger partial charge is 0.199 e. The molecule has 84 valence electrons. The fourth-order valence-electron chi connectivity index (χ4n) is 1.21. The number of hydrogen-bond acceptors (Lipinski definition) is 5. The van der Waals surface area contributed by atoms with Gasteiger partial charge in [-0.2, -0.15) is 0 Å². The van der Waals surface area contributed by atoms with Crippen LogP contribution in [0.5, 0.6) is 0 Å². The van der Waals surface area contributed by atoms with Gasteiger partial charge in [0.15, 0.2) is 12.6 Å². The zero-order valence-corrected chi connectivity index (χ0v) is 11.0. The molecule has 7 heteroatoms. The Morgan fingerprint density at radius 2 is 2.21 bits per heavy atom. The lowest BCUT2D eigenvalue weighted by Crippen LogP contribution is -2.44. The van der Waals surface area contributed by atoms with E-state index in [-0.39, 0.29) is 12.7 Å². The second-order valence-electron chi connectivity index (χ2n) is 3.38. The average molecular weight is 258 g/mol. The summed E-state index contributed by atoms with van der Waals surface area (Å²) in [5, 5.41) is 19.0. The molecule has 0 bridgehead atoms. The van der Waals surface area contributed by atoms with Crippen LogP contribution in [-0.2, 0) is 8.92 Å². The lowest BCUT2D eigenvalue weighted by molar-refractivity contribution is -0.268. The molecule has 1 aliphatic heterocycles. The van der Waals surface area contributed by atoms with E-state index < -0.39 is 18.7 Å². The summed E-state index contributed by atoms with van der Waals surface area (Å²) in [6.45, 7) is 3.55. The van der Waals surface area contributed by atoms with Crippen molar-refractivity contribution in [2.24, 2.45) is 5.92 Å². The summed E-state index contributed by atoms with van der Waals surface area (Å²) in [5.41, 5.74) is 0. The van der Waals surface area contributed by atoms with Crippen molar-refractivity contribution in [3.63, 3.8) is 0 Å². The number of aliphatic hydroxyl groups is 2. The highest BCUT2D eigenvalue weighted by atomic mass is 32.9. The number of aliphatic hydroxyl groups excluding tert-OH is 2. The molecule has 0 radical (unpaired) electrons. The minimum atomic E-state index is -0.827. The molecule has 1 fully saturated rings. The van der Waals surface area contributed by atoms with Crippen molar-refractivity contribution in [2.75, 3.05) is 6.66 Å². The summed E-state index contributed by atoms with van der Waals surface area (Å²) in [6.07, 6.45) is -1.75. The molecule has 1 saturated heterocycles. The summed E-state index contributed by atoms with van der Waals surface area (Å²) >= 11 is 1.28. The lowest BCUT2D eigenvalue weighted by Gasteiger charge is -2.34. The Labute approximate surface area is 91.5 Å². The minimum absolute atomic E-state index is 0.00283. The van der Waals surface area contributed by atoms with Gasteiger partial charge < -0.3 is 14.9 Å². The van der Waals surface area contributed by atoms with Crippen molar-refractivity contribution in [2.45, 2.75) is 32.0 Å². The number of ether oxygens (including phenoxy) is 1. The van der Waals surface area contributed by atoms with Crippen LogP contribution < -0.4 is 0 Å². The Kier molecular flexibility index (Phi) is 5.58. The Morgan fingerprint density at radius 3 is 2.79 bits per heavy atom. The molecule has 6 atom stereocenters. The van der Waals surface area contributed by atoms with Crippen LogP contribution in [0.15, 0.2) is 0 Å². The van der Waals surface area contributed by atoms with Crippen LogP contribution >= 0.6 is 27.4 Å². The van der Waals surface area contributed by atoms with E-state index in [1.165, 1.54) is 11.7 Å². The van der Waals surface area contributed by atoms with E-state index in [1.807, 2.05) is 13.6 Å². The maximum atomic E-state index is 9.69. The molecular formula is C7H16O4P2S. The minimum Gasteiger partial charge on any atom is -0.388 e. The van der Waals surface area contributed by atoms with Crippen molar-refractivity contribution in [3.8, 4) is 0 Å². The molecule has 2 N–H and O–H groups in total. The predicted octanol–water partition coefficient (Wildman–Crippen LogP) is 1.53.